The fourth-order valence-electron chi connectivity index (χ4n) is 5.49. The van der Waals surface area contributed by atoms with Gasteiger partial charge in [-0.05, 0) is 109 Å². The molecule has 0 spiro atoms. The van der Waals surface area contributed by atoms with Crippen LogP contribution in [0, 0.1) is 20.2 Å². The van der Waals surface area contributed by atoms with Gasteiger partial charge in [0.25, 0.3) is 23.2 Å². The molecule has 0 radical (unpaired) electrons. The van der Waals surface area contributed by atoms with E-state index in [1.165, 1.54) is 48.5 Å². The van der Waals surface area contributed by atoms with Crippen LogP contribution in [-0.2, 0) is 0 Å². The first kappa shape index (κ1) is 33.6. The molecule has 6 aromatic carbocycles. The highest BCUT2D eigenvalue weighted by Gasteiger charge is 2.13. The van der Waals surface area contributed by atoms with Gasteiger partial charge in [0.15, 0.2) is 0 Å². The van der Waals surface area contributed by atoms with Crippen molar-refractivity contribution >= 4 is 79.3 Å². The highest BCUT2D eigenvalue weighted by atomic mass is 16.6. The summed E-state index contributed by atoms with van der Waals surface area (Å²) in [5.74, 6) is -0.758. The molecule has 0 saturated carbocycles. The van der Waals surface area contributed by atoms with Gasteiger partial charge in [-0.15, -0.1) is 0 Å². The third-order valence-corrected chi connectivity index (χ3v) is 8.21. The maximum atomic E-state index is 13.7. The van der Waals surface area contributed by atoms with Crippen molar-refractivity contribution in [2.24, 2.45) is 0 Å². The lowest BCUT2D eigenvalue weighted by molar-refractivity contribution is -0.385. The van der Waals surface area contributed by atoms with Gasteiger partial charge in [-0.1, -0.05) is 0 Å². The summed E-state index contributed by atoms with van der Waals surface area (Å²) in [5, 5.41) is 34.4. The van der Waals surface area contributed by atoms with Crippen molar-refractivity contribution in [3.05, 3.63) is 175 Å². The van der Waals surface area contributed by atoms with Crippen LogP contribution in [-0.4, -0.2) is 21.7 Å². The van der Waals surface area contributed by atoms with Gasteiger partial charge in [0.2, 0.25) is 5.43 Å². The number of nitrogens with zero attached hydrogens (tertiary/aromatic N) is 2. The lowest BCUT2D eigenvalue weighted by Crippen LogP contribution is -2.11. The van der Waals surface area contributed by atoms with Crippen molar-refractivity contribution in [2.45, 2.75) is 0 Å². The second-order valence-electron chi connectivity index (χ2n) is 11.8. The molecular weight excluding hydrogens is 680 g/mol. The first-order chi connectivity index (χ1) is 25.6. The summed E-state index contributed by atoms with van der Waals surface area (Å²) >= 11 is 0. The molecule has 7 rings (SSSR count). The number of amides is 2. The Bertz CT molecular complexity index is 2430. The zero-order valence-electron chi connectivity index (χ0n) is 27.4. The molecule has 0 aliphatic carbocycles. The predicted molar refractivity (Wildman–Crippen MR) is 202 cm³/mol. The average molecular weight is 707 g/mol. The first-order valence-corrected chi connectivity index (χ1v) is 16.0. The Balaban J connectivity index is 1.02. The molecule has 0 atom stereocenters. The quantitative estimate of drug-likeness (QED) is 0.0605. The molecule has 14 heteroatoms. The van der Waals surface area contributed by atoms with Crippen LogP contribution in [0.15, 0.2) is 143 Å². The van der Waals surface area contributed by atoms with E-state index in [4.69, 9.17) is 4.42 Å². The standard InChI is InChI=1S/C39H26N6O8/c46-37-33-21-29(40-25-5-1-23(2-6-25)38(47)42-27-9-15-31(16-10-27)44(49)50)13-19-35(33)53-36-20-14-30(22-34(36)37)41-26-7-3-24(4-8-26)39(48)43-28-11-17-32(18-12-28)45(51)52/h1-22,40-41H,(H,42,47)(H,43,48). The Morgan fingerprint density at radius 3 is 1.17 bits per heavy atom. The van der Waals surface area contributed by atoms with Crippen LogP contribution in [0.5, 0.6) is 0 Å². The van der Waals surface area contributed by atoms with Gasteiger partial charge in [-0.25, -0.2) is 0 Å². The number of nitro benzene ring substituents is 2. The van der Waals surface area contributed by atoms with Crippen molar-refractivity contribution in [3.8, 4) is 0 Å². The van der Waals surface area contributed by atoms with Crippen molar-refractivity contribution in [1.29, 1.82) is 0 Å². The number of hydrogen-bond donors (Lipinski definition) is 4. The van der Waals surface area contributed by atoms with Crippen molar-refractivity contribution in [1.82, 2.24) is 0 Å². The van der Waals surface area contributed by atoms with Crippen LogP contribution in [0.2, 0.25) is 0 Å². The average Bonchev–Trinajstić information content (AvgIpc) is 3.16. The van der Waals surface area contributed by atoms with Gasteiger partial charge >= 0.3 is 0 Å². The SMILES string of the molecule is O=C(Nc1ccc([N+](=O)[O-])cc1)c1ccc(Nc2ccc3oc4ccc(Nc5ccc(C(=O)Nc6ccc([N+](=O)[O-])cc6)cc5)cc4c(=O)c3c2)cc1. The summed E-state index contributed by atoms with van der Waals surface area (Å²) in [6, 6.07) is 34.8. The number of anilines is 6. The van der Waals surface area contributed by atoms with Crippen molar-refractivity contribution in [2.75, 3.05) is 21.3 Å². The van der Waals surface area contributed by atoms with Crippen LogP contribution in [0.1, 0.15) is 20.7 Å². The summed E-state index contributed by atoms with van der Waals surface area (Å²) in [5.41, 5.74) is 4.64. The number of benzene rings is 6. The smallest absolute Gasteiger partial charge is 0.269 e. The van der Waals surface area contributed by atoms with Crippen molar-refractivity contribution < 1.29 is 23.9 Å². The highest BCUT2D eigenvalue weighted by Crippen LogP contribution is 2.27. The van der Waals surface area contributed by atoms with E-state index in [2.05, 4.69) is 21.3 Å². The fourth-order valence-corrected chi connectivity index (χ4v) is 5.49. The number of carbonyl (C=O) groups is 2. The number of rotatable bonds is 10. The third-order valence-electron chi connectivity index (χ3n) is 8.21. The van der Waals surface area contributed by atoms with Gasteiger partial charge < -0.3 is 25.7 Å². The highest BCUT2D eigenvalue weighted by molar-refractivity contribution is 6.05. The van der Waals surface area contributed by atoms with E-state index in [0.29, 0.717) is 67.2 Å². The molecule has 0 aliphatic heterocycles. The fraction of sp³-hybridized carbons (Fsp3) is 0. The maximum Gasteiger partial charge on any atom is 0.269 e. The zero-order valence-corrected chi connectivity index (χ0v) is 27.4. The number of hydrogen-bond acceptors (Lipinski definition) is 10. The minimum atomic E-state index is -0.514. The molecule has 0 unspecified atom stereocenters. The molecule has 14 nitrogen and oxygen atoms in total. The number of fused-ring (bicyclic) bond motifs is 2. The largest absolute Gasteiger partial charge is 0.456 e. The number of non-ortho nitro benzene ring substituents is 2. The summed E-state index contributed by atoms with van der Waals surface area (Å²) in [6.45, 7) is 0. The zero-order chi connectivity index (χ0) is 37.1. The van der Waals surface area contributed by atoms with E-state index in [1.54, 1.807) is 84.9 Å². The molecule has 1 aromatic heterocycles. The molecular formula is C39H26N6O8. The van der Waals surface area contributed by atoms with E-state index in [0.717, 1.165) is 0 Å². The van der Waals surface area contributed by atoms with E-state index >= 15 is 0 Å². The lowest BCUT2D eigenvalue weighted by atomic mass is 10.1. The normalized spacial score (nSPS) is 10.8. The van der Waals surface area contributed by atoms with E-state index < -0.39 is 9.85 Å². The Hall–Kier alpha value is -7.87. The molecule has 53 heavy (non-hydrogen) atoms. The van der Waals surface area contributed by atoms with Crippen LogP contribution < -0.4 is 26.7 Å². The minimum absolute atomic E-state index is 0.0753. The van der Waals surface area contributed by atoms with Crippen LogP contribution in [0.25, 0.3) is 21.9 Å². The second kappa shape index (κ2) is 14.2. The molecule has 4 N–H and O–H groups in total. The van der Waals surface area contributed by atoms with Gasteiger partial charge in [0.1, 0.15) is 11.2 Å². The molecule has 7 aromatic rings. The Kier molecular flexibility index (Phi) is 8.98. The van der Waals surface area contributed by atoms with Crippen LogP contribution in [0.4, 0.5) is 45.5 Å². The molecule has 1 heterocycles. The first-order valence-electron chi connectivity index (χ1n) is 16.0. The van der Waals surface area contributed by atoms with E-state index in [-0.39, 0.29) is 28.6 Å². The monoisotopic (exact) mass is 706 g/mol. The van der Waals surface area contributed by atoms with Gasteiger partial charge in [-0.3, -0.25) is 34.6 Å². The summed E-state index contributed by atoms with van der Waals surface area (Å²) in [7, 11) is 0. The number of nitro groups is 2. The second-order valence-corrected chi connectivity index (χ2v) is 11.8. The Morgan fingerprint density at radius 1 is 0.472 bits per heavy atom. The number of nitrogens with one attached hydrogen (secondary N) is 4. The molecule has 0 bridgehead atoms. The van der Waals surface area contributed by atoms with Gasteiger partial charge in [0, 0.05) is 69.5 Å². The number of carbonyl (C=O) groups excluding carboxylic acids is 2. The van der Waals surface area contributed by atoms with Crippen LogP contribution >= 0.6 is 0 Å². The van der Waals surface area contributed by atoms with E-state index in [9.17, 15) is 34.6 Å². The summed E-state index contributed by atoms with van der Waals surface area (Å²) < 4.78 is 6.04. The minimum Gasteiger partial charge on any atom is -0.456 e. The third kappa shape index (κ3) is 7.51. The van der Waals surface area contributed by atoms with Crippen molar-refractivity contribution in [3.63, 3.8) is 0 Å². The van der Waals surface area contributed by atoms with Gasteiger partial charge in [-0.2, -0.15) is 0 Å². The molecule has 0 saturated heterocycles. The van der Waals surface area contributed by atoms with E-state index in [1.807, 2.05) is 0 Å². The molecule has 0 fully saturated rings. The predicted octanol–water partition coefficient (Wildman–Crippen LogP) is 8.75. The Morgan fingerprint density at radius 2 is 0.811 bits per heavy atom. The lowest BCUT2D eigenvalue weighted by Gasteiger charge is -2.11. The Labute approximate surface area is 299 Å². The summed E-state index contributed by atoms with van der Waals surface area (Å²) in [6.07, 6.45) is 0. The molecule has 2 amide bonds. The summed E-state index contributed by atoms with van der Waals surface area (Å²) in [4.78, 5) is 59.8. The maximum absolute atomic E-state index is 13.7. The van der Waals surface area contributed by atoms with Crippen LogP contribution in [0.3, 0.4) is 0 Å². The topological polar surface area (TPSA) is 199 Å². The molecule has 0 aliphatic rings. The van der Waals surface area contributed by atoms with Gasteiger partial charge in [0.05, 0.1) is 20.6 Å². The molecule has 260 valence electrons.